The Morgan fingerprint density at radius 1 is 1.17 bits per heavy atom. The van der Waals surface area contributed by atoms with Crippen molar-refractivity contribution in [1.29, 1.82) is 0 Å². The lowest BCUT2D eigenvalue weighted by molar-refractivity contribution is 0.000615. The predicted octanol–water partition coefficient (Wildman–Crippen LogP) is 2.60. The monoisotopic (exact) mass is 313 g/mol. The highest BCUT2D eigenvalue weighted by Gasteiger charge is 2.31. The van der Waals surface area contributed by atoms with Crippen LogP contribution in [0.5, 0.6) is 0 Å². The summed E-state index contributed by atoms with van der Waals surface area (Å²) in [4.78, 5) is 16.5. The molecule has 1 aromatic heterocycles. The van der Waals surface area contributed by atoms with Crippen LogP contribution in [-0.2, 0) is 4.74 Å². The van der Waals surface area contributed by atoms with Gasteiger partial charge in [0, 0.05) is 18.6 Å². The van der Waals surface area contributed by atoms with Gasteiger partial charge in [0.2, 0.25) is 0 Å². The summed E-state index contributed by atoms with van der Waals surface area (Å²) in [6.45, 7) is 0.627. The molecule has 2 fully saturated rings. The van der Waals surface area contributed by atoms with Gasteiger partial charge in [-0.1, -0.05) is 35.5 Å². The summed E-state index contributed by atoms with van der Waals surface area (Å²) in [6, 6.07) is 10.1. The molecule has 0 unspecified atom stereocenters. The van der Waals surface area contributed by atoms with E-state index in [1.807, 2.05) is 18.2 Å². The molecule has 2 heterocycles. The Hall–Kier alpha value is -2.21. The van der Waals surface area contributed by atoms with Gasteiger partial charge in [0.25, 0.3) is 0 Å². The summed E-state index contributed by atoms with van der Waals surface area (Å²) < 4.78 is 10.9. The van der Waals surface area contributed by atoms with Crippen LogP contribution in [-0.4, -0.2) is 28.7 Å². The van der Waals surface area contributed by atoms with E-state index < -0.39 is 0 Å². The normalized spacial score (nSPS) is 24.3. The molecule has 1 aliphatic carbocycles. The van der Waals surface area contributed by atoms with Crippen molar-refractivity contribution in [3.8, 4) is 0 Å². The van der Waals surface area contributed by atoms with Gasteiger partial charge in [0.1, 0.15) is 0 Å². The number of rotatable bonds is 4. The first-order chi connectivity index (χ1) is 11.3. The third-order valence-corrected chi connectivity index (χ3v) is 4.37. The van der Waals surface area contributed by atoms with E-state index in [-0.39, 0.29) is 23.9 Å². The fourth-order valence-electron chi connectivity index (χ4n) is 2.91. The maximum Gasteiger partial charge on any atom is 0.315 e. The number of aromatic nitrogens is 2. The van der Waals surface area contributed by atoms with Crippen LogP contribution in [0, 0.1) is 0 Å². The number of nitrogens with one attached hydrogen (secondary N) is 1. The fourth-order valence-corrected chi connectivity index (χ4v) is 2.91. The maximum absolute atomic E-state index is 12.3. The molecule has 0 bridgehead atoms. The van der Waals surface area contributed by atoms with Crippen molar-refractivity contribution in [2.45, 2.75) is 43.7 Å². The zero-order valence-electron chi connectivity index (χ0n) is 12.8. The highest BCUT2D eigenvalue weighted by atomic mass is 16.5. The third kappa shape index (κ3) is 3.27. The molecule has 1 aliphatic heterocycles. The number of hydrogen-bond acceptors (Lipinski definition) is 5. The fraction of sp³-hybridized carbons (Fsp3) is 0.471. The first kappa shape index (κ1) is 14.4. The smallest absolute Gasteiger partial charge is 0.315 e. The van der Waals surface area contributed by atoms with E-state index in [1.165, 1.54) is 0 Å². The van der Waals surface area contributed by atoms with Gasteiger partial charge in [-0.25, -0.2) is 0 Å². The molecule has 2 aromatic rings. The first-order valence-electron chi connectivity index (χ1n) is 8.10. The highest BCUT2D eigenvalue weighted by Crippen LogP contribution is 2.38. The molecule has 23 heavy (non-hydrogen) atoms. The minimum atomic E-state index is -0.289. The van der Waals surface area contributed by atoms with Crippen LogP contribution in [0.2, 0.25) is 0 Å². The van der Waals surface area contributed by atoms with Crippen LogP contribution < -0.4 is 5.32 Å². The van der Waals surface area contributed by atoms with Gasteiger partial charge < -0.3 is 14.6 Å². The van der Waals surface area contributed by atoms with Gasteiger partial charge in [-0.2, -0.15) is 4.98 Å². The van der Waals surface area contributed by atoms with Crippen molar-refractivity contribution < 1.29 is 14.1 Å². The molecule has 2 atom stereocenters. The molecule has 1 aromatic carbocycles. The summed E-state index contributed by atoms with van der Waals surface area (Å²) in [7, 11) is 0. The topological polar surface area (TPSA) is 77.2 Å². The van der Waals surface area contributed by atoms with E-state index in [4.69, 9.17) is 9.26 Å². The summed E-state index contributed by atoms with van der Waals surface area (Å²) in [5.41, 5.74) is 1.14. The Kier molecular flexibility index (Phi) is 3.83. The predicted molar refractivity (Wildman–Crippen MR) is 81.9 cm³/mol. The molecule has 120 valence electrons. The minimum Gasteiger partial charge on any atom is -0.373 e. The quantitative estimate of drug-likeness (QED) is 0.939. The van der Waals surface area contributed by atoms with Gasteiger partial charge in [-0.15, -0.1) is 0 Å². The number of amides is 1. The summed E-state index contributed by atoms with van der Waals surface area (Å²) in [5, 5.41) is 6.88. The molecule has 4 rings (SSSR count). The maximum atomic E-state index is 12.3. The SMILES string of the molecule is O=C(N[C@H]1CCO[C@@H](c2ccccc2)C1)c1nc(C2CC2)no1. The van der Waals surface area contributed by atoms with Crippen LogP contribution in [0.1, 0.15) is 59.8 Å². The Balaban J connectivity index is 1.38. The van der Waals surface area contributed by atoms with Crippen LogP contribution in [0.3, 0.4) is 0 Å². The Labute approximate surface area is 134 Å². The van der Waals surface area contributed by atoms with Gasteiger partial charge >= 0.3 is 11.8 Å². The first-order valence-corrected chi connectivity index (χ1v) is 8.10. The summed E-state index contributed by atoms with van der Waals surface area (Å²) in [6.07, 6.45) is 3.72. The zero-order chi connectivity index (χ0) is 15.6. The van der Waals surface area contributed by atoms with E-state index in [9.17, 15) is 4.79 Å². The summed E-state index contributed by atoms with van der Waals surface area (Å²) in [5.74, 6) is 0.813. The minimum absolute atomic E-state index is 0.0139. The Morgan fingerprint density at radius 3 is 2.78 bits per heavy atom. The molecule has 0 spiro atoms. The molecular formula is C17H19N3O3. The van der Waals surface area contributed by atoms with E-state index in [0.717, 1.165) is 31.2 Å². The van der Waals surface area contributed by atoms with Crippen molar-refractivity contribution in [3.05, 3.63) is 47.6 Å². The van der Waals surface area contributed by atoms with Crippen molar-refractivity contribution in [2.75, 3.05) is 6.61 Å². The van der Waals surface area contributed by atoms with Gasteiger partial charge in [0.15, 0.2) is 5.82 Å². The van der Waals surface area contributed by atoms with E-state index in [0.29, 0.717) is 18.3 Å². The van der Waals surface area contributed by atoms with Crippen LogP contribution in [0.15, 0.2) is 34.9 Å². The molecule has 0 radical (unpaired) electrons. The molecule has 6 nitrogen and oxygen atoms in total. The van der Waals surface area contributed by atoms with E-state index >= 15 is 0 Å². The number of benzene rings is 1. The number of carbonyl (C=O) groups is 1. The second-order valence-electron chi connectivity index (χ2n) is 6.20. The lowest BCUT2D eigenvalue weighted by Gasteiger charge is -2.30. The van der Waals surface area contributed by atoms with Crippen molar-refractivity contribution in [1.82, 2.24) is 15.5 Å². The highest BCUT2D eigenvalue weighted by molar-refractivity contribution is 5.89. The number of nitrogens with zero attached hydrogens (tertiary/aromatic N) is 2. The average molecular weight is 313 g/mol. The average Bonchev–Trinajstić information content (AvgIpc) is 3.33. The molecule has 6 heteroatoms. The van der Waals surface area contributed by atoms with Crippen molar-refractivity contribution in [2.24, 2.45) is 0 Å². The number of hydrogen-bond donors (Lipinski definition) is 1. The van der Waals surface area contributed by atoms with Gasteiger partial charge in [-0.05, 0) is 31.2 Å². The summed E-state index contributed by atoms with van der Waals surface area (Å²) >= 11 is 0. The van der Waals surface area contributed by atoms with Crippen LogP contribution >= 0.6 is 0 Å². The van der Waals surface area contributed by atoms with Crippen LogP contribution in [0.4, 0.5) is 0 Å². The molecular weight excluding hydrogens is 294 g/mol. The van der Waals surface area contributed by atoms with Crippen LogP contribution in [0.25, 0.3) is 0 Å². The Bertz CT molecular complexity index is 681. The van der Waals surface area contributed by atoms with Gasteiger partial charge in [-0.3, -0.25) is 4.79 Å². The third-order valence-electron chi connectivity index (χ3n) is 4.37. The second kappa shape index (κ2) is 6.12. The lowest BCUT2D eigenvalue weighted by atomic mass is 9.97. The number of ether oxygens (including phenoxy) is 1. The molecule has 1 saturated carbocycles. The standard InChI is InChI=1S/C17H19N3O3/c21-16(17-19-15(20-23-17)12-6-7-12)18-13-8-9-22-14(10-13)11-4-2-1-3-5-11/h1-5,12-14H,6-10H2,(H,18,21)/t13-,14+/m0/s1. The van der Waals surface area contributed by atoms with E-state index in [2.05, 4.69) is 27.6 Å². The van der Waals surface area contributed by atoms with Crippen molar-refractivity contribution in [3.63, 3.8) is 0 Å². The van der Waals surface area contributed by atoms with Crippen molar-refractivity contribution >= 4 is 5.91 Å². The number of carbonyl (C=O) groups excluding carboxylic acids is 1. The molecule has 2 aliphatic rings. The second-order valence-corrected chi connectivity index (χ2v) is 6.20. The molecule has 1 saturated heterocycles. The van der Waals surface area contributed by atoms with Gasteiger partial charge in [0.05, 0.1) is 6.10 Å². The molecule has 1 amide bonds. The largest absolute Gasteiger partial charge is 0.373 e. The van der Waals surface area contributed by atoms with E-state index in [1.54, 1.807) is 0 Å². The Morgan fingerprint density at radius 2 is 2.00 bits per heavy atom. The zero-order valence-corrected chi connectivity index (χ0v) is 12.8. The lowest BCUT2D eigenvalue weighted by Crippen LogP contribution is -2.40. The molecule has 1 N–H and O–H groups in total.